The van der Waals surface area contributed by atoms with Gasteiger partial charge in [0.15, 0.2) is 0 Å². The number of rotatable bonds is 4. The van der Waals surface area contributed by atoms with Crippen LogP contribution >= 0.6 is 0 Å². The van der Waals surface area contributed by atoms with Crippen molar-refractivity contribution >= 4 is 11.7 Å². The SMILES string of the molecule is CCCCCn1ccn2c(=O)nc(N)nc12. The minimum atomic E-state index is -0.378. The molecule has 0 radical (unpaired) electrons. The third kappa shape index (κ3) is 1.91. The summed E-state index contributed by atoms with van der Waals surface area (Å²) < 4.78 is 3.33. The number of nitrogens with two attached hydrogens (primary N) is 1. The van der Waals surface area contributed by atoms with Crippen LogP contribution in [0.4, 0.5) is 5.95 Å². The number of nitrogen functional groups attached to an aromatic ring is 1. The van der Waals surface area contributed by atoms with Gasteiger partial charge in [0, 0.05) is 18.9 Å². The number of unbranched alkanes of at least 4 members (excludes halogenated alkanes) is 2. The van der Waals surface area contributed by atoms with E-state index in [0.717, 1.165) is 25.8 Å². The van der Waals surface area contributed by atoms with Crippen LogP contribution in [0.25, 0.3) is 5.78 Å². The summed E-state index contributed by atoms with van der Waals surface area (Å²) >= 11 is 0. The van der Waals surface area contributed by atoms with Crippen LogP contribution in [0.5, 0.6) is 0 Å². The average molecular weight is 221 g/mol. The van der Waals surface area contributed by atoms with Crippen molar-refractivity contribution < 1.29 is 0 Å². The van der Waals surface area contributed by atoms with Crippen LogP contribution in [-0.2, 0) is 6.54 Å². The zero-order valence-electron chi connectivity index (χ0n) is 9.26. The standard InChI is InChI=1S/C10H15N5O/c1-2-3-4-5-14-6-7-15-9(14)12-8(11)13-10(15)16/h6-7H,2-5H2,1H3,(H2,11,13,16). The molecule has 0 aliphatic heterocycles. The molecule has 0 atom stereocenters. The van der Waals surface area contributed by atoms with E-state index in [1.54, 1.807) is 6.20 Å². The van der Waals surface area contributed by atoms with E-state index in [1.807, 2.05) is 10.8 Å². The van der Waals surface area contributed by atoms with Gasteiger partial charge in [0.1, 0.15) is 0 Å². The summed E-state index contributed by atoms with van der Waals surface area (Å²) in [6.45, 7) is 3.00. The Morgan fingerprint density at radius 3 is 2.88 bits per heavy atom. The smallest absolute Gasteiger partial charge is 0.357 e. The molecule has 0 aliphatic rings. The first kappa shape index (κ1) is 10.7. The van der Waals surface area contributed by atoms with E-state index in [2.05, 4.69) is 16.9 Å². The highest BCUT2D eigenvalue weighted by Crippen LogP contribution is 2.04. The Bertz CT molecular complexity index is 542. The third-order valence-electron chi connectivity index (χ3n) is 2.50. The molecule has 0 saturated heterocycles. The van der Waals surface area contributed by atoms with Crippen LogP contribution in [0, 0.1) is 0 Å². The molecule has 2 N–H and O–H groups in total. The lowest BCUT2D eigenvalue weighted by Gasteiger charge is -2.03. The van der Waals surface area contributed by atoms with E-state index in [0.29, 0.717) is 5.78 Å². The van der Waals surface area contributed by atoms with Gasteiger partial charge in [0.25, 0.3) is 0 Å². The molecular formula is C10H15N5O. The molecule has 0 fully saturated rings. The van der Waals surface area contributed by atoms with E-state index in [4.69, 9.17) is 5.73 Å². The molecule has 0 spiro atoms. The van der Waals surface area contributed by atoms with Crippen LogP contribution < -0.4 is 11.4 Å². The molecule has 0 saturated carbocycles. The number of aryl methyl sites for hydroxylation is 1. The maximum Gasteiger partial charge on any atom is 0.357 e. The molecule has 2 aromatic heterocycles. The van der Waals surface area contributed by atoms with Crippen molar-refractivity contribution in [2.24, 2.45) is 0 Å². The fourth-order valence-electron chi connectivity index (χ4n) is 1.67. The Morgan fingerprint density at radius 2 is 2.12 bits per heavy atom. The van der Waals surface area contributed by atoms with Crippen LogP contribution in [0.2, 0.25) is 0 Å². The zero-order valence-corrected chi connectivity index (χ0v) is 9.26. The summed E-state index contributed by atoms with van der Waals surface area (Å²) in [5.41, 5.74) is 5.08. The van der Waals surface area contributed by atoms with Crippen LogP contribution in [0.15, 0.2) is 17.2 Å². The number of nitrogens with zero attached hydrogens (tertiary/aromatic N) is 4. The highest BCUT2D eigenvalue weighted by Gasteiger charge is 2.05. The molecule has 86 valence electrons. The first-order valence-electron chi connectivity index (χ1n) is 5.43. The van der Waals surface area contributed by atoms with Crippen molar-refractivity contribution in [1.82, 2.24) is 18.9 Å². The first-order valence-corrected chi connectivity index (χ1v) is 5.43. The largest absolute Gasteiger partial charge is 0.368 e. The minimum absolute atomic E-state index is 0.0282. The third-order valence-corrected chi connectivity index (χ3v) is 2.50. The molecule has 0 aromatic carbocycles. The number of aromatic nitrogens is 4. The molecule has 0 bridgehead atoms. The quantitative estimate of drug-likeness (QED) is 0.769. The fourth-order valence-corrected chi connectivity index (χ4v) is 1.67. The van der Waals surface area contributed by atoms with E-state index >= 15 is 0 Å². The van der Waals surface area contributed by atoms with Gasteiger partial charge in [-0.1, -0.05) is 19.8 Å². The molecule has 2 rings (SSSR count). The van der Waals surface area contributed by atoms with Crippen molar-refractivity contribution in [3.63, 3.8) is 0 Å². The second kappa shape index (κ2) is 4.34. The van der Waals surface area contributed by atoms with E-state index in [-0.39, 0.29) is 11.6 Å². The first-order chi connectivity index (χ1) is 7.72. The molecular weight excluding hydrogens is 206 g/mol. The second-order valence-corrected chi connectivity index (χ2v) is 3.73. The summed E-state index contributed by atoms with van der Waals surface area (Å²) in [7, 11) is 0. The molecule has 2 heterocycles. The predicted octanol–water partition coefficient (Wildman–Crippen LogP) is 0.663. The lowest BCUT2D eigenvalue weighted by molar-refractivity contribution is 0.609. The van der Waals surface area contributed by atoms with E-state index in [9.17, 15) is 4.79 Å². The summed E-state index contributed by atoms with van der Waals surface area (Å²) in [4.78, 5) is 19.1. The van der Waals surface area contributed by atoms with E-state index in [1.165, 1.54) is 4.40 Å². The van der Waals surface area contributed by atoms with Gasteiger partial charge in [-0.3, -0.25) is 0 Å². The van der Waals surface area contributed by atoms with Crippen molar-refractivity contribution in [2.45, 2.75) is 32.7 Å². The number of hydrogen-bond donors (Lipinski definition) is 1. The van der Waals surface area contributed by atoms with Gasteiger partial charge in [-0.05, 0) is 6.42 Å². The van der Waals surface area contributed by atoms with Gasteiger partial charge in [-0.25, -0.2) is 9.20 Å². The van der Waals surface area contributed by atoms with Gasteiger partial charge in [0.2, 0.25) is 11.7 Å². The summed E-state index contributed by atoms with van der Waals surface area (Å²) in [5, 5.41) is 0. The molecule has 0 unspecified atom stereocenters. The number of anilines is 1. The normalized spacial score (nSPS) is 11.1. The average Bonchev–Trinajstić information content (AvgIpc) is 2.62. The predicted molar refractivity (Wildman–Crippen MR) is 61.2 cm³/mol. The van der Waals surface area contributed by atoms with Crippen molar-refractivity contribution in [3.05, 3.63) is 22.9 Å². The topological polar surface area (TPSA) is 78.2 Å². The summed E-state index contributed by atoms with van der Waals surface area (Å²) in [6, 6.07) is 0. The van der Waals surface area contributed by atoms with Gasteiger partial charge >= 0.3 is 5.69 Å². The van der Waals surface area contributed by atoms with Crippen LogP contribution in [-0.4, -0.2) is 18.9 Å². The Hall–Kier alpha value is -1.85. The lowest BCUT2D eigenvalue weighted by Crippen LogP contribution is -2.19. The van der Waals surface area contributed by atoms with Crippen LogP contribution in [0.1, 0.15) is 26.2 Å². The number of fused-ring (bicyclic) bond motifs is 1. The van der Waals surface area contributed by atoms with E-state index < -0.39 is 0 Å². The van der Waals surface area contributed by atoms with Gasteiger partial charge in [-0.2, -0.15) is 9.97 Å². The Morgan fingerprint density at radius 1 is 1.31 bits per heavy atom. The van der Waals surface area contributed by atoms with Gasteiger partial charge in [0.05, 0.1) is 0 Å². The molecule has 2 aromatic rings. The maximum absolute atomic E-state index is 11.5. The Balaban J connectivity index is 2.36. The Kier molecular flexibility index (Phi) is 2.89. The monoisotopic (exact) mass is 221 g/mol. The summed E-state index contributed by atoms with van der Waals surface area (Å²) in [5.74, 6) is 0.592. The molecule has 6 heteroatoms. The van der Waals surface area contributed by atoms with Gasteiger partial charge in [-0.15, -0.1) is 0 Å². The Labute approximate surface area is 92.7 Å². The molecule has 16 heavy (non-hydrogen) atoms. The van der Waals surface area contributed by atoms with Crippen LogP contribution in [0.3, 0.4) is 0 Å². The lowest BCUT2D eigenvalue weighted by atomic mass is 10.2. The number of imidazole rings is 1. The van der Waals surface area contributed by atoms with Gasteiger partial charge < -0.3 is 10.3 Å². The molecule has 0 amide bonds. The highest BCUT2D eigenvalue weighted by atomic mass is 16.1. The summed E-state index contributed by atoms with van der Waals surface area (Å²) in [6.07, 6.45) is 6.90. The zero-order chi connectivity index (χ0) is 11.5. The molecule has 6 nitrogen and oxygen atoms in total. The van der Waals surface area contributed by atoms with Crippen molar-refractivity contribution in [1.29, 1.82) is 0 Å². The fraction of sp³-hybridized carbons (Fsp3) is 0.500. The molecule has 0 aliphatic carbocycles. The maximum atomic E-state index is 11.5. The minimum Gasteiger partial charge on any atom is -0.368 e. The highest BCUT2D eigenvalue weighted by molar-refractivity contribution is 5.34. The number of hydrogen-bond acceptors (Lipinski definition) is 4. The van der Waals surface area contributed by atoms with Crippen molar-refractivity contribution in [3.8, 4) is 0 Å². The second-order valence-electron chi connectivity index (χ2n) is 3.73. The van der Waals surface area contributed by atoms with Crippen molar-refractivity contribution in [2.75, 3.05) is 5.73 Å².